The van der Waals surface area contributed by atoms with E-state index >= 15 is 0 Å². The van der Waals surface area contributed by atoms with Crippen LogP contribution in [0.1, 0.15) is 52.0 Å². The molecule has 0 unspecified atom stereocenters. The monoisotopic (exact) mass is 423 g/mol. The summed E-state index contributed by atoms with van der Waals surface area (Å²) in [5, 5.41) is 0. The topological polar surface area (TPSA) is 90.0 Å². The van der Waals surface area contributed by atoms with Crippen LogP contribution in [-0.2, 0) is 29.1 Å². The third-order valence-corrected chi connectivity index (χ3v) is 6.16. The van der Waals surface area contributed by atoms with Crippen LogP contribution in [0.3, 0.4) is 0 Å². The van der Waals surface area contributed by atoms with E-state index in [2.05, 4.69) is 0 Å². The normalized spacial score (nSPS) is 16.4. The molecule has 2 rings (SSSR count). The molecule has 1 aromatic rings. The average Bonchev–Trinajstić information content (AvgIpc) is 2.94. The highest BCUT2D eigenvalue weighted by atomic mass is 32.2. The number of nitrogens with zero attached hydrogens (tertiary/aromatic N) is 1. The van der Waals surface area contributed by atoms with Crippen LogP contribution < -0.4 is 0 Å². The number of hydrogen-bond acceptors (Lipinski definition) is 6. The van der Waals surface area contributed by atoms with Crippen molar-refractivity contribution in [2.75, 3.05) is 19.7 Å². The average molecular weight is 424 g/mol. The van der Waals surface area contributed by atoms with Crippen LogP contribution in [0.25, 0.3) is 6.08 Å². The number of carbonyl (C=O) groups excluding carboxylic acids is 2. The Morgan fingerprint density at radius 1 is 1.03 bits per heavy atom. The molecule has 0 spiro atoms. The summed E-state index contributed by atoms with van der Waals surface area (Å²) in [6, 6.07) is 6.32. The van der Waals surface area contributed by atoms with Crippen LogP contribution in [0.5, 0.6) is 0 Å². The predicted octanol–water partition coefficient (Wildman–Crippen LogP) is 3.15. The summed E-state index contributed by atoms with van der Waals surface area (Å²) in [7, 11) is -3.50. The Balaban J connectivity index is 1.92. The van der Waals surface area contributed by atoms with E-state index in [0.29, 0.717) is 18.7 Å². The van der Waals surface area contributed by atoms with Gasteiger partial charge in [0.05, 0.1) is 4.90 Å². The lowest BCUT2D eigenvalue weighted by Crippen LogP contribution is -2.31. The number of sulfonamides is 1. The van der Waals surface area contributed by atoms with Gasteiger partial charge in [0.25, 0.3) is 0 Å². The van der Waals surface area contributed by atoms with Gasteiger partial charge in [0.2, 0.25) is 10.0 Å². The highest BCUT2D eigenvalue weighted by Gasteiger charge is 2.24. The van der Waals surface area contributed by atoms with Crippen molar-refractivity contribution in [3.8, 4) is 0 Å². The molecule has 1 aliphatic rings. The lowest BCUT2D eigenvalue weighted by Gasteiger charge is -2.19. The van der Waals surface area contributed by atoms with E-state index in [4.69, 9.17) is 9.47 Å². The summed E-state index contributed by atoms with van der Waals surface area (Å²) >= 11 is 0. The van der Waals surface area contributed by atoms with Crippen LogP contribution in [-0.4, -0.2) is 50.0 Å². The standard InChI is InChI=1S/C21H29NO6S/c1-21(2,3)28-20(24)16-27-19(23)13-10-17-8-11-18(12-9-17)29(25,26)22-14-6-4-5-7-15-22/h8-13H,4-7,14-16H2,1-3H3. The molecule has 1 saturated heterocycles. The minimum absolute atomic E-state index is 0.240. The second kappa shape index (κ2) is 10.0. The quantitative estimate of drug-likeness (QED) is 0.516. The van der Waals surface area contributed by atoms with Crippen LogP contribution in [0.15, 0.2) is 35.2 Å². The van der Waals surface area contributed by atoms with Crippen LogP contribution >= 0.6 is 0 Å². The molecule has 0 radical (unpaired) electrons. The smallest absolute Gasteiger partial charge is 0.344 e. The molecule has 0 aliphatic carbocycles. The van der Waals surface area contributed by atoms with Gasteiger partial charge in [0, 0.05) is 19.2 Å². The van der Waals surface area contributed by atoms with E-state index in [-0.39, 0.29) is 4.90 Å². The Morgan fingerprint density at radius 3 is 2.17 bits per heavy atom. The van der Waals surface area contributed by atoms with Gasteiger partial charge >= 0.3 is 11.9 Å². The van der Waals surface area contributed by atoms with Crippen molar-refractivity contribution < 1.29 is 27.5 Å². The molecule has 8 heteroatoms. The molecule has 0 saturated carbocycles. The van der Waals surface area contributed by atoms with Crippen LogP contribution in [0, 0.1) is 0 Å². The molecule has 0 bridgehead atoms. The number of rotatable bonds is 6. The number of benzene rings is 1. The first-order chi connectivity index (χ1) is 13.6. The minimum Gasteiger partial charge on any atom is -0.457 e. The zero-order valence-electron chi connectivity index (χ0n) is 17.2. The van der Waals surface area contributed by atoms with Crippen molar-refractivity contribution in [1.29, 1.82) is 0 Å². The van der Waals surface area contributed by atoms with Crippen molar-refractivity contribution in [3.63, 3.8) is 0 Å². The molecule has 0 amide bonds. The van der Waals surface area contributed by atoms with Gasteiger partial charge < -0.3 is 9.47 Å². The highest BCUT2D eigenvalue weighted by molar-refractivity contribution is 7.89. The largest absolute Gasteiger partial charge is 0.457 e. The van der Waals surface area contributed by atoms with Crippen molar-refractivity contribution in [2.24, 2.45) is 0 Å². The van der Waals surface area contributed by atoms with Crippen LogP contribution in [0.2, 0.25) is 0 Å². The summed E-state index contributed by atoms with van der Waals surface area (Å²) in [4.78, 5) is 23.5. The molecule has 1 fully saturated rings. The van der Waals surface area contributed by atoms with Gasteiger partial charge in [-0.05, 0) is 57.4 Å². The molecule has 0 aromatic heterocycles. The predicted molar refractivity (Wildman–Crippen MR) is 110 cm³/mol. The molecule has 1 aromatic carbocycles. The molecule has 1 aliphatic heterocycles. The molecule has 0 N–H and O–H groups in total. The maximum Gasteiger partial charge on any atom is 0.344 e. The van der Waals surface area contributed by atoms with E-state index in [1.807, 2.05) is 0 Å². The second-order valence-corrected chi connectivity index (χ2v) is 9.85. The SMILES string of the molecule is CC(C)(C)OC(=O)COC(=O)C=Cc1ccc(S(=O)(=O)N2CCCCCC2)cc1. The van der Waals surface area contributed by atoms with E-state index in [1.165, 1.54) is 24.3 Å². The summed E-state index contributed by atoms with van der Waals surface area (Å²) < 4.78 is 36.9. The van der Waals surface area contributed by atoms with Crippen molar-refractivity contribution in [2.45, 2.75) is 57.0 Å². The van der Waals surface area contributed by atoms with Crippen molar-refractivity contribution in [3.05, 3.63) is 35.9 Å². The van der Waals surface area contributed by atoms with E-state index < -0.39 is 34.2 Å². The zero-order valence-corrected chi connectivity index (χ0v) is 18.0. The minimum atomic E-state index is -3.50. The van der Waals surface area contributed by atoms with Gasteiger partial charge in [-0.15, -0.1) is 0 Å². The van der Waals surface area contributed by atoms with Gasteiger partial charge in [-0.2, -0.15) is 4.31 Å². The Kier molecular flexibility index (Phi) is 7.98. The summed E-state index contributed by atoms with van der Waals surface area (Å²) in [6.07, 6.45) is 6.55. The number of carbonyl (C=O) groups is 2. The van der Waals surface area contributed by atoms with Gasteiger partial charge in [-0.1, -0.05) is 25.0 Å². The molecular formula is C21H29NO6S. The van der Waals surface area contributed by atoms with E-state index in [1.54, 1.807) is 37.2 Å². The fraction of sp³-hybridized carbons (Fsp3) is 0.524. The first-order valence-corrected chi connectivity index (χ1v) is 11.2. The van der Waals surface area contributed by atoms with Crippen LogP contribution in [0.4, 0.5) is 0 Å². The highest BCUT2D eigenvalue weighted by Crippen LogP contribution is 2.21. The third-order valence-electron chi connectivity index (χ3n) is 4.25. The lowest BCUT2D eigenvalue weighted by atomic mass is 10.2. The number of hydrogen-bond donors (Lipinski definition) is 0. The lowest BCUT2D eigenvalue weighted by molar-refractivity contribution is -0.164. The van der Waals surface area contributed by atoms with Gasteiger partial charge in [0.1, 0.15) is 5.60 Å². The molecular weight excluding hydrogens is 394 g/mol. The molecule has 7 nitrogen and oxygen atoms in total. The van der Waals surface area contributed by atoms with E-state index in [0.717, 1.165) is 25.7 Å². The van der Waals surface area contributed by atoms with Gasteiger partial charge in [0.15, 0.2) is 6.61 Å². The van der Waals surface area contributed by atoms with Gasteiger partial charge in [-0.25, -0.2) is 18.0 Å². The molecule has 1 heterocycles. The fourth-order valence-electron chi connectivity index (χ4n) is 2.90. The Labute approximate surface area is 172 Å². The Morgan fingerprint density at radius 2 is 1.62 bits per heavy atom. The first-order valence-electron chi connectivity index (χ1n) is 9.75. The Bertz CT molecular complexity index is 829. The Hall–Kier alpha value is -2.19. The number of esters is 2. The second-order valence-electron chi connectivity index (χ2n) is 7.91. The third kappa shape index (κ3) is 7.62. The summed E-state index contributed by atoms with van der Waals surface area (Å²) in [5.74, 6) is -1.31. The van der Waals surface area contributed by atoms with E-state index in [9.17, 15) is 18.0 Å². The molecule has 29 heavy (non-hydrogen) atoms. The summed E-state index contributed by atoms with van der Waals surface area (Å²) in [5.41, 5.74) is 0.00314. The maximum absolute atomic E-state index is 12.8. The zero-order chi connectivity index (χ0) is 21.5. The fourth-order valence-corrected chi connectivity index (χ4v) is 4.41. The summed E-state index contributed by atoms with van der Waals surface area (Å²) in [6.45, 7) is 5.81. The molecule has 160 valence electrons. The first kappa shape index (κ1) is 23.1. The van der Waals surface area contributed by atoms with Gasteiger partial charge in [-0.3, -0.25) is 0 Å². The maximum atomic E-state index is 12.8. The van der Waals surface area contributed by atoms with Crippen molar-refractivity contribution in [1.82, 2.24) is 4.31 Å². The van der Waals surface area contributed by atoms with Crippen molar-refractivity contribution >= 4 is 28.0 Å². The number of ether oxygens (including phenoxy) is 2. The molecule has 0 atom stereocenters.